The number of nitrogens with one attached hydrogen (secondary N) is 1. The normalized spacial score (nSPS) is 12.2. The smallest absolute Gasteiger partial charge is 0.407 e. The highest BCUT2D eigenvalue weighted by atomic mass is 16.5. The van der Waals surface area contributed by atoms with Crippen LogP contribution in [0.3, 0.4) is 0 Å². The average molecular weight is 250 g/mol. The SMILES string of the molecule is CC(C)C[C@H](CN)NC(=O)OCc1ccccc1. The molecule has 0 heterocycles. The number of benzene rings is 1. The first-order valence-corrected chi connectivity index (χ1v) is 6.29. The number of carbonyl (C=O) groups excluding carboxylic acids is 1. The van der Waals surface area contributed by atoms with E-state index in [-0.39, 0.29) is 12.6 Å². The Labute approximate surface area is 109 Å². The first kappa shape index (κ1) is 14.5. The van der Waals surface area contributed by atoms with E-state index in [1.54, 1.807) is 0 Å². The minimum absolute atomic E-state index is 0.0201. The first-order valence-electron chi connectivity index (χ1n) is 6.29. The van der Waals surface area contributed by atoms with E-state index >= 15 is 0 Å². The lowest BCUT2D eigenvalue weighted by Gasteiger charge is -2.18. The minimum atomic E-state index is -0.407. The Balaban J connectivity index is 2.32. The number of ether oxygens (including phenoxy) is 1. The Morgan fingerprint density at radius 3 is 2.56 bits per heavy atom. The summed E-state index contributed by atoms with van der Waals surface area (Å²) in [5.74, 6) is 0.493. The van der Waals surface area contributed by atoms with Gasteiger partial charge in [0.05, 0.1) is 0 Å². The molecule has 4 nitrogen and oxygen atoms in total. The van der Waals surface area contributed by atoms with Gasteiger partial charge in [0.1, 0.15) is 6.61 Å². The first-order chi connectivity index (χ1) is 8.61. The predicted molar refractivity (Wildman–Crippen MR) is 72.1 cm³/mol. The van der Waals surface area contributed by atoms with Crippen LogP contribution in [0.5, 0.6) is 0 Å². The van der Waals surface area contributed by atoms with E-state index in [4.69, 9.17) is 10.5 Å². The molecule has 1 atom stereocenters. The average Bonchev–Trinajstić information content (AvgIpc) is 2.36. The van der Waals surface area contributed by atoms with E-state index in [1.807, 2.05) is 30.3 Å². The summed E-state index contributed by atoms with van der Waals surface area (Å²) in [7, 11) is 0. The topological polar surface area (TPSA) is 64.3 Å². The Morgan fingerprint density at radius 2 is 2.00 bits per heavy atom. The minimum Gasteiger partial charge on any atom is -0.445 e. The molecule has 4 heteroatoms. The second-order valence-corrected chi connectivity index (χ2v) is 4.77. The summed E-state index contributed by atoms with van der Waals surface area (Å²) >= 11 is 0. The van der Waals surface area contributed by atoms with E-state index in [9.17, 15) is 4.79 Å². The zero-order chi connectivity index (χ0) is 13.4. The van der Waals surface area contributed by atoms with Gasteiger partial charge in [0.2, 0.25) is 0 Å². The van der Waals surface area contributed by atoms with Gasteiger partial charge in [-0.2, -0.15) is 0 Å². The lowest BCUT2D eigenvalue weighted by molar-refractivity contribution is 0.134. The number of hydrogen-bond donors (Lipinski definition) is 2. The van der Waals surface area contributed by atoms with Gasteiger partial charge in [-0.05, 0) is 17.9 Å². The van der Waals surface area contributed by atoms with Crippen molar-refractivity contribution in [2.45, 2.75) is 32.9 Å². The van der Waals surface area contributed by atoms with Gasteiger partial charge in [0.25, 0.3) is 0 Å². The summed E-state index contributed by atoms with van der Waals surface area (Å²) in [5, 5.41) is 2.78. The van der Waals surface area contributed by atoms with Crippen LogP contribution in [0.2, 0.25) is 0 Å². The molecule has 0 aliphatic carbocycles. The number of carbonyl (C=O) groups is 1. The fraction of sp³-hybridized carbons (Fsp3) is 0.500. The van der Waals surface area contributed by atoms with Crippen LogP contribution in [0.15, 0.2) is 30.3 Å². The third-order valence-electron chi connectivity index (χ3n) is 2.58. The second kappa shape index (κ2) is 7.71. The Bertz CT molecular complexity index is 352. The molecule has 0 aliphatic rings. The molecule has 0 saturated heterocycles. The molecule has 3 N–H and O–H groups in total. The van der Waals surface area contributed by atoms with E-state index in [0.29, 0.717) is 12.5 Å². The maximum atomic E-state index is 11.6. The zero-order valence-corrected chi connectivity index (χ0v) is 11.1. The molecule has 1 aromatic rings. The van der Waals surface area contributed by atoms with E-state index in [1.165, 1.54) is 0 Å². The van der Waals surface area contributed by atoms with Crippen LogP contribution in [0, 0.1) is 5.92 Å². The second-order valence-electron chi connectivity index (χ2n) is 4.77. The quantitative estimate of drug-likeness (QED) is 0.814. The Kier molecular flexibility index (Phi) is 6.22. The number of amides is 1. The van der Waals surface area contributed by atoms with Crippen molar-refractivity contribution < 1.29 is 9.53 Å². The van der Waals surface area contributed by atoms with Crippen LogP contribution in [0.25, 0.3) is 0 Å². The van der Waals surface area contributed by atoms with E-state index in [0.717, 1.165) is 12.0 Å². The highest BCUT2D eigenvalue weighted by molar-refractivity contribution is 5.67. The fourth-order valence-corrected chi connectivity index (χ4v) is 1.71. The molecule has 1 aromatic carbocycles. The lowest BCUT2D eigenvalue weighted by atomic mass is 10.0. The number of hydrogen-bond acceptors (Lipinski definition) is 3. The summed E-state index contributed by atoms with van der Waals surface area (Å²) in [6.45, 7) is 4.91. The Hall–Kier alpha value is -1.55. The Morgan fingerprint density at radius 1 is 1.33 bits per heavy atom. The summed E-state index contributed by atoms with van der Waals surface area (Å²) in [6, 6.07) is 9.57. The van der Waals surface area contributed by atoms with Gasteiger partial charge in [-0.15, -0.1) is 0 Å². The molecule has 0 radical (unpaired) electrons. The molecule has 1 amide bonds. The maximum absolute atomic E-state index is 11.6. The highest BCUT2D eigenvalue weighted by Gasteiger charge is 2.13. The zero-order valence-electron chi connectivity index (χ0n) is 11.1. The molecule has 0 aromatic heterocycles. The molecule has 1 rings (SSSR count). The molecule has 0 spiro atoms. The molecule has 100 valence electrons. The van der Waals surface area contributed by atoms with Crippen LogP contribution in [-0.2, 0) is 11.3 Å². The molecule has 18 heavy (non-hydrogen) atoms. The van der Waals surface area contributed by atoms with Gasteiger partial charge in [-0.3, -0.25) is 0 Å². The van der Waals surface area contributed by atoms with Gasteiger partial charge < -0.3 is 15.8 Å². The van der Waals surface area contributed by atoms with Gasteiger partial charge >= 0.3 is 6.09 Å². The van der Waals surface area contributed by atoms with Crippen LogP contribution >= 0.6 is 0 Å². The molecular formula is C14H22N2O2. The molecule has 0 aliphatic heterocycles. The summed E-state index contributed by atoms with van der Waals surface area (Å²) in [6.07, 6.45) is 0.451. The summed E-state index contributed by atoms with van der Waals surface area (Å²) in [5.41, 5.74) is 6.58. The van der Waals surface area contributed by atoms with Gasteiger partial charge in [-0.1, -0.05) is 44.2 Å². The van der Waals surface area contributed by atoms with Crippen LogP contribution in [-0.4, -0.2) is 18.7 Å². The van der Waals surface area contributed by atoms with Crippen molar-refractivity contribution in [2.24, 2.45) is 11.7 Å². The number of nitrogens with two attached hydrogens (primary N) is 1. The monoisotopic (exact) mass is 250 g/mol. The van der Waals surface area contributed by atoms with Gasteiger partial charge in [0.15, 0.2) is 0 Å². The van der Waals surface area contributed by atoms with Crippen molar-refractivity contribution in [1.29, 1.82) is 0 Å². The van der Waals surface area contributed by atoms with Crippen LogP contribution in [0.4, 0.5) is 4.79 Å². The van der Waals surface area contributed by atoms with Crippen molar-refractivity contribution in [3.8, 4) is 0 Å². The van der Waals surface area contributed by atoms with Gasteiger partial charge in [0, 0.05) is 12.6 Å². The molecule has 0 bridgehead atoms. The largest absolute Gasteiger partial charge is 0.445 e. The molecular weight excluding hydrogens is 228 g/mol. The fourth-order valence-electron chi connectivity index (χ4n) is 1.71. The standard InChI is InChI=1S/C14H22N2O2/c1-11(2)8-13(9-15)16-14(17)18-10-12-6-4-3-5-7-12/h3-7,11,13H,8-10,15H2,1-2H3,(H,16,17)/t13-/m1/s1. The van der Waals surface area contributed by atoms with Crippen molar-refractivity contribution in [3.63, 3.8) is 0 Å². The van der Waals surface area contributed by atoms with Crippen molar-refractivity contribution in [3.05, 3.63) is 35.9 Å². The third kappa shape index (κ3) is 5.68. The molecule has 0 unspecified atom stereocenters. The highest BCUT2D eigenvalue weighted by Crippen LogP contribution is 2.05. The predicted octanol–water partition coefficient (Wildman–Crippen LogP) is 2.29. The molecule has 0 fully saturated rings. The summed E-state index contributed by atoms with van der Waals surface area (Å²) in [4.78, 5) is 11.6. The maximum Gasteiger partial charge on any atom is 0.407 e. The lowest BCUT2D eigenvalue weighted by Crippen LogP contribution is -2.41. The number of rotatable bonds is 6. The van der Waals surface area contributed by atoms with Crippen LogP contribution in [0.1, 0.15) is 25.8 Å². The van der Waals surface area contributed by atoms with Crippen LogP contribution < -0.4 is 11.1 Å². The van der Waals surface area contributed by atoms with Crippen molar-refractivity contribution in [1.82, 2.24) is 5.32 Å². The summed E-state index contributed by atoms with van der Waals surface area (Å²) < 4.78 is 5.14. The van der Waals surface area contributed by atoms with Crippen molar-refractivity contribution >= 4 is 6.09 Å². The van der Waals surface area contributed by atoms with E-state index < -0.39 is 6.09 Å². The number of alkyl carbamates (subject to hydrolysis) is 1. The molecule has 0 saturated carbocycles. The van der Waals surface area contributed by atoms with Gasteiger partial charge in [-0.25, -0.2) is 4.79 Å². The third-order valence-corrected chi connectivity index (χ3v) is 2.58. The van der Waals surface area contributed by atoms with E-state index in [2.05, 4.69) is 19.2 Å². The van der Waals surface area contributed by atoms with Crippen molar-refractivity contribution in [2.75, 3.05) is 6.54 Å².